The van der Waals surface area contributed by atoms with Gasteiger partial charge in [0.2, 0.25) is 0 Å². The fraction of sp³-hybridized carbons (Fsp3) is 0.949. The number of phosphoric acid groups is 2. The molecule has 0 aliphatic carbocycles. The topological polar surface area (TPSA) is 237 Å². The number of unbranched alkanes of at least 4 members (excludes halogenated alkanes) is 50. The van der Waals surface area contributed by atoms with Crippen LogP contribution in [0.3, 0.4) is 0 Å². The lowest BCUT2D eigenvalue weighted by Crippen LogP contribution is -2.30. The minimum atomic E-state index is -4.96. The van der Waals surface area contributed by atoms with Gasteiger partial charge in [-0.1, -0.05) is 369 Å². The summed E-state index contributed by atoms with van der Waals surface area (Å²) in [4.78, 5) is 72.5. The van der Waals surface area contributed by atoms with Crippen LogP contribution < -0.4 is 0 Å². The second-order valence-corrected chi connectivity index (χ2v) is 31.6. The fourth-order valence-electron chi connectivity index (χ4n) is 12.2. The molecule has 582 valence electrons. The van der Waals surface area contributed by atoms with Crippen LogP contribution in [0.1, 0.15) is 420 Å². The Bertz CT molecular complexity index is 1880. The van der Waals surface area contributed by atoms with E-state index in [9.17, 15) is 43.2 Å². The van der Waals surface area contributed by atoms with Gasteiger partial charge in [-0.15, -0.1) is 0 Å². The smallest absolute Gasteiger partial charge is 0.462 e. The average Bonchev–Trinajstić information content (AvgIpc) is 1.05. The van der Waals surface area contributed by atoms with E-state index in [1.54, 1.807) is 0 Å². The van der Waals surface area contributed by atoms with Gasteiger partial charge in [0.1, 0.15) is 19.3 Å². The first-order valence-corrected chi connectivity index (χ1v) is 44.2. The van der Waals surface area contributed by atoms with E-state index in [2.05, 4.69) is 34.6 Å². The monoisotopic (exact) mass is 1440 g/mol. The standard InChI is InChI=1S/C79H154O17P2/c1-6-10-13-16-19-20-21-22-23-24-25-26-27-28-32-35-38-41-44-49-53-58-63-77(82)90-69-75(96-79(84)65-60-55-50-45-42-39-36-33-30-29-31-34-37-40-43-48-51-56-61-72(5)9-4)71-94-98(87,88)92-67-73(80)66-91-97(85,86)93-70-74(95-78(83)64-59-54-47-18-15-12-8-3)68-89-76(81)62-57-52-46-17-14-11-7-2/h72-75,80H,6-71H2,1-5H3,(H,85,86)(H,87,88)/t72?,73-,74+,75+/m0/s1. The van der Waals surface area contributed by atoms with Gasteiger partial charge >= 0.3 is 39.5 Å². The van der Waals surface area contributed by atoms with E-state index in [0.717, 1.165) is 121 Å². The Hall–Kier alpha value is -1.94. The number of esters is 4. The number of ether oxygens (including phenoxy) is 4. The third-order valence-corrected chi connectivity index (χ3v) is 20.8. The second-order valence-electron chi connectivity index (χ2n) is 28.7. The van der Waals surface area contributed by atoms with Gasteiger partial charge < -0.3 is 33.8 Å². The van der Waals surface area contributed by atoms with E-state index in [0.29, 0.717) is 25.7 Å². The maximum atomic E-state index is 13.1. The molecule has 0 saturated carbocycles. The maximum Gasteiger partial charge on any atom is 0.472 e. The highest BCUT2D eigenvalue weighted by Crippen LogP contribution is 2.45. The van der Waals surface area contributed by atoms with Crippen molar-refractivity contribution >= 4 is 39.5 Å². The Morgan fingerprint density at radius 3 is 0.724 bits per heavy atom. The molecule has 0 aromatic carbocycles. The van der Waals surface area contributed by atoms with Gasteiger partial charge in [0.15, 0.2) is 12.2 Å². The van der Waals surface area contributed by atoms with Crippen LogP contribution in [0.15, 0.2) is 0 Å². The van der Waals surface area contributed by atoms with Crippen molar-refractivity contribution in [3.05, 3.63) is 0 Å². The highest BCUT2D eigenvalue weighted by atomic mass is 31.2. The lowest BCUT2D eigenvalue weighted by atomic mass is 9.99. The summed E-state index contributed by atoms with van der Waals surface area (Å²) < 4.78 is 68.3. The molecule has 3 unspecified atom stereocenters. The summed E-state index contributed by atoms with van der Waals surface area (Å²) >= 11 is 0. The van der Waals surface area contributed by atoms with Gasteiger partial charge in [-0.3, -0.25) is 37.3 Å². The number of carbonyl (C=O) groups excluding carboxylic acids is 4. The Balaban J connectivity index is 5.07. The first kappa shape index (κ1) is 96.1. The summed E-state index contributed by atoms with van der Waals surface area (Å²) in [5, 5.41) is 10.6. The Kier molecular flexibility index (Phi) is 70.6. The van der Waals surface area contributed by atoms with Crippen LogP contribution in [0, 0.1) is 5.92 Å². The minimum Gasteiger partial charge on any atom is -0.462 e. The van der Waals surface area contributed by atoms with Crippen molar-refractivity contribution in [1.29, 1.82) is 0 Å². The molecule has 0 aliphatic heterocycles. The Morgan fingerprint density at radius 1 is 0.286 bits per heavy atom. The van der Waals surface area contributed by atoms with Gasteiger partial charge in [-0.25, -0.2) is 9.13 Å². The van der Waals surface area contributed by atoms with Crippen molar-refractivity contribution in [3.63, 3.8) is 0 Å². The number of hydrogen-bond acceptors (Lipinski definition) is 15. The molecule has 0 heterocycles. The van der Waals surface area contributed by atoms with Crippen LogP contribution in [0.5, 0.6) is 0 Å². The van der Waals surface area contributed by atoms with E-state index < -0.39 is 97.5 Å². The van der Waals surface area contributed by atoms with Crippen LogP contribution >= 0.6 is 15.6 Å². The van der Waals surface area contributed by atoms with E-state index in [4.69, 9.17) is 37.0 Å². The van der Waals surface area contributed by atoms with Crippen LogP contribution in [-0.2, 0) is 65.4 Å². The van der Waals surface area contributed by atoms with Gasteiger partial charge in [0.05, 0.1) is 26.4 Å². The van der Waals surface area contributed by atoms with Crippen molar-refractivity contribution in [1.82, 2.24) is 0 Å². The molecular formula is C79H154O17P2. The van der Waals surface area contributed by atoms with E-state index in [-0.39, 0.29) is 25.7 Å². The van der Waals surface area contributed by atoms with Crippen molar-refractivity contribution in [3.8, 4) is 0 Å². The third-order valence-electron chi connectivity index (χ3n) is 18.9. The minimum absolute atomic E-state index is 0.104. The Labute approximate surface area is 600 Å². The third kappa shape index (κ3) is 71.1. The number of aliphatic hydroxyl groups is 1. The fourth-order valence-corrected chi connectivity index (χ4v) is 13.8. The lowest BCUT2D eigenvalue weighted by Gasteiger charge is -2.21. The molecule has 0 saturated heterocycles. The van der Waals surface area contributed by atoms with Crippen molar-refractivity contribution in [2.24, 2.45) is 5.92 Å². The van der Waals surface area contributed by atoms with Crippen molar-refractivity contribution < 1.29 is 80.2 Å². The van der Waals surface area contributed by atoms with Gasteiger partial charge in [0.25, 0.3) is 0 Å². The summed E-state index contributed by atoms with van der Waals surface area (Å²) in [6.45, 7) is 7.28. The predicted octanol–water partition coefficient (Wildman–Crippen LogP) is 23.6. The largest absolute Gasteiger partial charge is 0.472 e. The number of hydrogen-bond donors (Lipinski definition) is 3. The zero-order valence-corrected chi connectivity index (χ0v) is 65.7. The highest BCUT2D eigenvalue weighted by molar-refractivity contribution is 7.47. The molecular weight excluding hydrogens is 1280 g/mol. The van der Waals surface area contributed by atoms with Crippen LogP contribution in [-0.4, -0.2) is 96.7 Å². The SMILES string of the molecule is CCCCCCCCCCCCCCCCCCCCCCCCC(=O)OC[C@H](COP(=O)(O)OC[C@@H](O)COP(=O)(O)OC[C@@H](COC(=O)CCCCCCCCC)OC(=O)CCCCCCCCC)OC(=O)CCCCCCCCCCCCCCCCCCCCC(C)CC. The van der Waals surface area contributed by atoms with Crippen LogP contribution in [0.25, 0.3) is 0 Å². The van der Waals surface area contributed by atoms with E-state index >= 15 is 0 Å². The molecule has 98 heavy (non-hydrogen) atoms. The molecule has 0 fully saturated rings. The van der Waals surface area contributed by atoms with Crippen LogP contribution in [0.4, 0.5) is 0 Å². The highest BCUT2D eigenvalue weighted by Gasteiger charge is 2.30. The number of rotatable bonds is 79. The first-order valence-electron chi connectivity index (χ1n) is 41.2. The molecule has 19 heteroatoms. The molecule has 0 bridgehead atoms. The second kappa shape index (κ2) is 72.0. The summed E-state index contributed by atoms with van der Waals surface area (Å²) in [6.07, 6.45) is 63.1. The van der Waals surface area contributed by atoms with E-state index in [1.165, 1.54) is 218 Å². The number of carbonyl (C=O) groups is 4. The normalized spacial score (nSPS) is 14.2. The van der Waals surface area contributed by atoms with Crippen LogP contribution in [0.2, 0.25) is 0 Å². The molecule has 0 radical (unpaired) electrons. The van der Waals surface area contributed by atoms with Gasteiger partial charge in [-0.2, -0.15) is 0 Å². The summed E-state index contributed by atoms with van der Waals surface area (Å²) in [6, 6.07) is 0. The molecule has 3 N–H and O–H groups in total. The van der Waals surface area contributed by atoms with Crippen molar-refractivity contribution in [2.75, 3.05) is 39.6 Å². The molecule has 0 amide bonds. The zero-order valence-electron chi connectivity index (χ0n) is 63.9. The average molecular weight is 1440 g/mol. The van der Waals surface area contributed by atoms with Crippen molar-refractivity contribution in [2.45, 2.75) is 438 Å². The molecule has 0 aliphatic rings. The zero-order chi connectivity index (χ0) is 71.9. The quantitative estimate of drug-likeness (QED) is 0.0222. The summed E-state index contributed by atoms with van der Waals surface area (Å²) in [7, 11) is -9.90. The number of aliphatic hydroxyl groups excluding tert-OH is 1. The molecule has 0 spiro atoms. The Morgan fingerprint density at radius 2 is 0.490 bits per heavy atom. The molecule has 0 aromatic rings. The van der Waals surface area contributed by atoms with Gasteiger partial charge in [0, 0.05) is 25.7 Å². The summed E-state index contributed by atoms with van der Waals surface area (Å²) in [5.41, 5.74) is 0. The predicted molar refractivity (Wildman–Crippen MR) is 400 cm³/mol. The lowest BCUT2D eigenvalue weighted by molar-refractivity contribution is -0.161. The molecule has 17 nitrogen and oxygen atoms in total. The first-order chi connectivity index (χ1) is 47.6. The molecule has 0 aromatic heterocycles. The van der Waals surface area contributed by atoms with Gasteiger partial charge in [-0.05, 0) is 31.6 Å². The molecule has 0 rings (SSSR count). The molecule has 6 atom stereocenters. The summed E-state index contributed by atoms with van der Waals surface area (Å²) in [5.74, 6) is -1.25. The van der Waals surface area contributed by atoms with E-state index in [1.807, 2.05) is 0 Å². The maximum absolute atomic E-state index is 13.1. The number of phosphoric ester groups is 2.